The molecule has 3 rings (SSSR count). The summed E-state index contributed by atoms with van der Waals surface area (Å²) < 4.78 is 11.8. The van der Waals surface area contributed by atoms with E-state index in [0.29, 0.717) is 24.8 Å². The second-order valence-electron chi connectivity index (χ2n) is 6.92. The van der Waals surface area contributed by atoms with Gasteiger partial charge in [-0.3, -0.25) is 14.2 Å². The average molecular weight is 415 g/mol. The second-order valence-corrected chi connectivity index (χ2v) is 8.12. The number of ether oxygens (including phenoxy) is 2. The number of aryl methyl sites for hydroxylation is 3. The van der Waals surface area contributed by atoms with Gasteiger partial charge in [0.2, 0.25) is 0 Å². The van der Waals surface area contributed by atoms with E-state index in [1.807, 2.05) is 39.0 Å². The molecule has 2 aromatic heterocycles. The summed E-state index contributed by atoms with van der Waals surface area (Å²) in [5.74, 6) is 1.29. The molecule has 0 atom stereocenters. The molecule has 0 amide bonds. The Bertz CT molecular complexity index is 1110. The van der Waals surface area contributed by atoms with Crippen molar-refractivity contribution in [1.29, 1.82) is 0 Å². The summed E-state index contributed by atoms with van der Waals surface area (Å²) in [5.41, 5.74) is 2.87. The molecule has 0 aliphatic carbocycles. The van der Waals surface area contributed by atoms with Gasteiger partial charge in [0.25, 0.3) is 5.56 Å². The molecule has 154 valence electrons. The molecule has 0 saturated carbocycles. The minimum absolute atomic E-state index is 0.0514. The van der Waals surface area contributed by atoms with E-state index in [0.717, 1.165) is 38.0 Å². The van der Waals surface area contributed by atoms with Crippen molar-refractivity contribution in [3.05, 3.63) is 44.8 Å². The van der Waals surface area contributed by atoms with Crippen LogP contribution in [0.25, 0.3) is 21.3 Å². The highest BCUT2D eigenvalue weighted by Gasteiger charge is 2.20. The molecule has 2 heterocycles. The van der Waals surface area contributed by atoms with Gasteiger partial charge in [0.15, 0.2) is 0 Å². The van der Waals surface area contributed by atoms with Gasteiger partial charge in [0, 0.05) is 29.8 Å². The monoisotopic (exact) mass is 414 g/mol. The van der Waals surface area contributed by atoms with Crippen LogP contribution in [-0.4, -0.2) is 29.7 Å². The van der Waals surface area contributed by atoms with E-state index in [2.05, 4.69) is 0 Å². The van der Waals surface area contributed by atoms with Crippen molar-refractivity contribution in [1.82, 2.24) is 9.55 Å². The van der Waals surface area contributed by atoms with Crippen molar-refractivity contribution in [3.63, 3.8) is 0 Å². The minimum atomic E-state index is -0.272. The maximum atomic E-state index is 13.5. The van der Waals surface area contributed by atoms with E-state index in [1.165, 1.54) is 7.11 Å². The van der Waals surface area contributed by atoms with Crippen LogP contribution in [0.3, 0.4) is 0 Å². The largest absolute Gasteiger partial charge is 0.496 e. The summed E-state index contributed by atoms with van der Waals surface area (Å²) in [4.78, 5) is 31.5. The summed E-state index contributed by atoms with van der Waals surface area (Å²) in [7, 11) is 3.02. The van der Waals surface area contributed by atoms with Crippen LogP contribution in [-0.2, 0) is 22.5 Å². The highest BCUT2D eigenvalue weighted by Crippen LogP contribution is 2.37. The van der Waals surface area contributed by atoms with E-state index >= 15 is 0 Å². The molecule has 0 radical (unpaired) electrons. The van der Waals surface area contributed by atoms with Crippen molar-refractivity contribution < 1.29 is 14.3 Å². The maximum absolute atomic E-state index is 13.5. The second kappa shape index (κ2) is 8.78. The number of hydrogen-bond donors (Lipinski definition) is 0. The van der Waals surface area contributed by atoms with Gasteiger partial charge in [-0.2, -0.15) is 0 Å². The third kappa shape index (κ3) is 4.05. The van der Waals surface area contributed by atoms with E-state index in [1.54, 1.807) is 23.0 Å². The molecular formula is C22H26N2O4S. The van der Waals surface area contributed by atoms with Crippen LogP contribution in [0, 0.1) is 13.8 Å². The zero-order chi connectivity index (χ0) is 21.1. The Hall–Kier alpha value is -2.67. The lowest BCUT2D eigenvalue weighted by atomic mass is 10.0. The van der Waals surface area contributed by atoms with Crippen LogP contribution in [0.15, 0.2) is 23.0 Å². The molecular weight excluding hydrogens is 388 g/mol. The first-order valence-electron chi connectivity index (χ1n) is 9.65. The molecule has 6 nitrogen and oxygen atoms in total. The van der Waals surface area contributed by atoms with Crippen LogP contribution >= 0.6 is 11.3 Å². The smallest absolute Gasteiger partial charge is 0.305 e. The topological polar surface area (TPSA) is 70.4 Å². The Kier molecular flexibility index (Phi) is 6.37. The number of aromatic nitrogens is 2. The van der Waals surface area contributed by atoms with Gasteiger partial charge in [-0.25, -0.2) is 4.98 Å². The molecule has 0 spiro atoms. The fourth-order valence-electron chi connectivity index (χ4n) is 3.60. The zero-order valence-corrected chi connectivity index (χ0v) is 18.3. The number of fused-ring (bicyclic) bond motifs is 1. The van der Waals surface area contributed by atoms with Crippen LogP contribution in [0.4, 0.5) is 0 Å². The van der Waals surface area contributed by atoms with Crippen LogP contribution < -0.4 is 10.3 Å². The lowest BCUT2D eigenvalue weighted by molar-refractivity contribution is -0.140. The number of carbonyl (C=O) groups excluding carboxylic acids is 1. The van der Waals surface area contributed by atoms with Gasteiger partial charge in [-0.05, 0) is 43.5 Å². The standard InChI is InChI=1S/C22H26N2O4S/c1-6-17-23-21-20(22(26)24(17)11-7-8-18(25)28-5)19(14(3)29-21)15-9-10-16(27-4)13(2)12-15/h9-10,12H,6-8,11H2,1-5H3. The Morgan fingerprint density at radius 1 is 1.24 bits per heavy atom. The fourth-order valence-corrected chi connectivity index (χ4v) is 4.66. The van der Waals surface area contributed by atoms with Crippen LogP contribution in [0.2, 0.25) is 0 Å². The first-order valence-corrected chi connectivity index (χ1v) is 10.5. The number of carbonyl (C=O) groups is 1. The summed E-state index contributed by atoms with van der Waals surface area (Å²) in [5, 5.41) is 0.646. The van der Waals surface area contributed by atoms with Crippen LogP contribution in [0.1, 0.15) is 36.0 Å². The molecule has 0 aliphatic heterocycles. The van der Waals surface area contributed by atoms with Crippen LogP contribution in [0.5, 0.6) is 5.75 Å². The first kappa shape index (κ1) is 21.0. The predicted octanol–water partition coefficient (Wildman–Crippen LogP) is 4.27. The van der Waals surface area contributed by atoms with Crippen molar-refractivity contribution >= 4 is 27.5 Å². The normalized spacial score (nSPS) is 11.1. The Labute approximate surface area is 174 Å². The third-order valence-electron chi connectivity index (χ3n) is 5.06. The van der Waals surface area contributed by atoms with Gasteiger partial charge in [-0.15, -0.1) is 11.3 Å². The molecule has 0 saturated heterocycles. The number of esters is 1. The molecule has 0 N–H and O–H groups in total. The molecule has 0 aliphatic rings. The van der Waals surface area contributed by atoms with E-state index in [-0.39, 0.29) is 17.9 Å². The van der Waals surface area contributed by atoms with Gasteiger partial charge < -0.3 is 9.47 Å². The molecule has 7 heteroatoms. The first-order chi connectivity index (χ1) is 13.9. The molecule has 0 bridgehead atoms. The maximum Gasteiger partial charge on any atom is 0.305 e. The third-order valence-corrected chi connectivity index (χ3v) is 6.06. The minimum Gasteiger partial charge on any atom is -0.496 e. The van der Waals surface area contributed by atoms with Crippen molar-refractivity contribution in [2.45, 2.75) is 46.6 Å². The van der Waals surface area contributed by atoms with Gasteiger partial charge in [0.1, 0.15) is 16.4 Å². The molecule has 1 aromatic carbocycles. The summed E-state index contributed by atoms with van der Waals surface area (Å²) in [6, 6.07) is 5.95. The molecule has 0 fully saturated rings. The number of methoxy groups -OCH3 is 2. The van der Waals surface area contributed by atoms with E-state index < -0.39 is 0 Å². The van der Waals surface area contributed by atoms with Crippen molar-refractivity contribution in [2.75, 3.05) is 14.2 Å². The summed E-state index contributed by atoms with van der Waals surface area (Å²) in [6.07, 6.45) is 1.46. The average Bonchev–Trinajstić information content (AvgIpc) is 3.05. The van der Waals surface area contributed by atoms with Crippen molar-refractivity contribution in [3.8, 4) is 16.9 Å². The van der Waals surface area contributed by atoms with Gasteiger partial charge in [-0.1, -0.05) is 13.0 Å². The SMILES string of the molecule is CCc1nc2sc(C)c(-c3ccc(OC)c(C)c3)c2c(=O)n1CCCC(=O)OC. The summed E-state index contributed by atoms with van der Waals surface area (Å²) >= 11 is 1.54. The Morgan fingerprint density at radius 2 is 2.00 bits per heavy atom. The molecule has 3 aromatic rings. The van der Waals surface area contributed by atoms with E-state index in [4.69, 9.17) is 14.5 Å². The fraction of sp³-hybridized carbons (Fsp3) is 0.409. The summed E-state index contributed by atoms with van der Waals surface area (Å²) in [6.45, 7) is 6.44. The lowest BCUT2D eigenvalue weighted by Gasteiger charge is -2.12. The van der Waals surface area contributed by atoms with Gasteiger partial charge in [0.05, 0.1) is 19.6 Å². The van der Waals surface area contributed by atoms with Crippen molar-refractivity contribution in [2.24, 2.45) is 0 Å². The number of rotatable bonds is 7. The number of thiophene rings is 1. The zero-order valence-electron chi connectivity index (χ0n) is 17.5. The quantitative estimate of drug-likeness (QED) is 0.540. The number of benzene rings is 1. The Balaban J connectivity index is 2.14. The number of nitrogens with zero attached hydrogens (tertiary/aromatic N) is 2. The number of hydrogen-bond acceptors (Lipinski definition) is 6. The Morgan fingerprint density at radius 3 is 2.62 bits per heavy atom. The van der Waals surface area contributed by atoms with E-state index in [9.17, 15) is 9.59 Å². The molecule has 29 heavy (non-hydrogen) atoms. The van der Waals surface area contributed by atoms with Gasteiger partial charge >= 0.3 is 5.97 Å². The lowest BCUT2D eigenvalue weighted by Crippen LogP contribution is -2.25. The predicted molar refractivity (Wildman–Crippen MR) is 116 cm³/mol. The highest BCUT2D eigenvalue weighted by molar-refractivity contribution is 7.19. The highest BCUT2D eigenvalue weighted by atomic mass is 32.1. The molecule has 0 unspecified atom stereocenters.